The van der Waals surface area contributed by atoms with Crippen molar-refractivity contribution in [2.24, 2.45) is 0 Å². The second kappa shape index (κ2) is 10.1. The van der Waals surface area contributed by atoms with E-state index in [0.29, 0.717) is 6.42 Å². The molecule has 0 saturated carbocycles. The molecule has 0 aliphatic carbocycles. The van der Waals surface area contributed by atoms with Crippen LogP contribution in [0.4, 0.5) is 16.2 Å². The summed E-state index contributed by atoms with van der Waals surface area (Å²) < 4.78 is 0. The number of nitrogens with zero attached hydrogens (tertiary/aromatic N) is 2. The molecule has 3 heterocycles. The fraction of sp³-hybridized carbons (Fsp3) is 0.222. The number of aromatic amines is 1. The zero-order chi connectivity index (χ0) is 24.2. The van der Waals surface area contributed by atoms with E-state index in [1.54, 1.807) is 11.3 Å². The number of anilines is 2. The summed E-state index contributed by atoms with van der Waals surface area (Å²) in [4.78, 5) is 27.8. The molecule has 35 heavy (non-hydrogen) atoms. The smallest absolute Gasteiger partial charge is 0.321 e. The van der Waals surface area contributed by atoms with Crippen LogP contribution in [-0.2, 0) is 11.2 Å². The van der Waals surface area contributed by atoms with Gasteiger partial charge in [-0.3, -0.25) is 9.89 Å². The number of carbonyl (C=O) groups excluding carboxylic acids is 2. The number of hydrogen-bond acceptors (Lipinski definition) is 4. The number of aryl methyl sites for hydroxylation is 1. The molecule has 3 N–H and O–H groups in total. The largest absolute Gasteiger partial charge is 0.326 e. The van der Waals surface area contributed by atoms with Gasteiger partial charge in [0.25, 0.3) is 0 Å². The van der Waals surface area contributed by atoms with Gasteiger partial charge >= 0.3 is 6.03 Å². The third-order valence-electron chi connectivity index (χ3n) is 6.09. The fourth-order valence-corrected chi connectivity index (χ4v) is 4.94. The number of fused-ring (bicyclic) bond motifs is 1. The molecule has 1 fully saturated rings. The minimum Gasteiger partial charge on any atom is -0.326 e. The van der Waals surface area contributed by atoms with Crippen LogP contribution < -0.4 is 10.6 Å². The van der Waals surface area contributed by atoms with Gasteiger partial charge in [-0.25, -0.2) is 4.79 Å². The summed E-state index contributed by atoms with van der Waals surface area (Å²) >= 11 is 1.58. The van der Waals surface area contributed by atoms with Gasteiger partial charge in [0.1, 0.15) is 0 Å². The second-order valence-corrected chi connectivity index (χ2v) is 9.74. The molecule has 5 rings (SSSR count). The Hall–Kier alpha value is -3.91. The van der Waals surface area contributed by atoms with E-state index in [0.717, 1.165) is 69.9 Å². The van der Waals surface area contributed by atoms with E-state index in [9.17, 15) is 9.59 Å². The van der Waals surface area contributed by atoms with E-state index in [2.05, 4.69) is 20.8 Å². The van der Waals surface area contributed by atoms with Crippen molar-refractivity contribution in [1.82, 2.24) is 15.1 Å². The first-order valence-electron chi connectivity index (χ1n) is 11.7. The van der Waals surface area contributed by atoms with Gasteiger partial charge in [-0.15, -0.1) is 11.3 Å². The number of urea groups is 1. The average molecular weight is 486 g/mol. The van der Waals surface area contributed by atoms with Gasteiger partial charge in [0.05, 0.1) is 17.6 Å². The van der Waals surface area contributed by atoms with Crippen molar-refractivity contribution in [3.63, 3.8) is 0 Å². The maximum absolute atomic E-state index is 12.5. The third kappa shape index (κ3) is 5.44. The fourth-order valence-electron chi connectivity index (χ4n) is 4.24. The van der Waals surface area contributed by atoms with Gasteiger partial charge < -0.3 is 15.5 Å². The molecule has 1 saturated heterocycles. The van der Waals surface area contributed by atoms with E-state index < -0.39 is 0 Å². The van der Waals surface area contributed by atoms with Crippen molar-refractivity contribution < 1.29 is 9.59 Å². The predicted octanol–water partition coefficient (Wildman–Crippen LogP) is 5.91. The molecule has 0 radical (unpaired) electrons. The van der Waals surface area contributed by atoms with Gasteiger partial charge in [0.2, 0.25) is 5.91 Å². The Kier molecular flexibility index (Phi) is 6.63. The van der Waals surface area contributed by atoms with Crippen LogP contribution in [0.2, 0.25) is 0 Å². The SMILES string of the molecule is Cc1cc2[nH]nc(C=Cc3cccc(NC(=O)N4CCCC4)c3)c2cc1NC(=O)Cc1cccs1. The highest BCUT2D eigenvalue weighted by Crippen LogP contribution is 2.26. The molecule has 7 nitrogen and oxygen atoms in total. The van der Waals surface area contributed by atoms with Crippen LogP contribution in [0.3, 0.4) is 0 Å². The lowest BCUT2D eigenvalue weighted by Gasteiger charge is -2.16. The van der Waals surface area contributed by atoms with E-state index >= 15 is 0 Å². The van der Waals surface area contributed by atoms with Gasteiger partial charge in [0, 0.05) is 34.7 Å². The standard InChI is InChI=1S/C27H27N5O2S/c1-18-14-25-22(17-24(18)29-26(33)16-21-8-5-13-35-21)23(30-31-25)10-9-19-6-4-7-20(15-19)28-27(34)32-11-2-3-12-32/h4-10,13-15,17H,2-3,11-12,16H2,1H3,(H,28,34)(H,29,33)(H,30,31). The minimum atomic E-state index is -0.0500. The van der Waals surface area contributed by atoms with Crippen LogP contribution in [0.25, 0.3) is 23.1 Å². The van der Waals surface area contributed by atoms with Crippen molar-refractivity contribution in [1.29, 1.82) is 0 Å². The lowest BCUT2D eigenvalue weighted by Crippen LogP contribution is -2.32. The summed E-state index contributed by atoms with van der Waals surface area (Å²) in [6.45, 7) is 3.60. The number of rotatable bonds is 6. The molecule has 0 bridgehead atoms. The molecule has 4 aromatic rings. The Morgan fingerprint density at radius 3 is 2.74 bits per heavy atom. The van der Waals surface area contributed by atoms with Crippen molar-refractivity contribution in [3.05, 3.63) is 75.6 Å². The topological polar surface area (TPSA) is 90.1 Å². The van der Waals surface area contributed by atoms with Crippen LogP contribution in [-0.4, -0.2) is 40.1 Å². The lowest BCUT2D eigenvalue weighted by atomic mass is 10.1. The number of thiophene rings is 1. The summed E-state index contributed by atoms with van der Waals surface area (Å²) in [5.74, 6) is -0.0386. The van der Waals surface area contributed by atoms with Crippen molar-refractivity contribution in [2.45, 2.75) is 26.2 Å². The number of amides is 3. The monoisotopic (exact) mass is 485 g/mol. The molecule has 3 amide bonds. The van der Waals surface area contributed by atoms with Crippen LogP contribution in [0.15, 0.2) is 53.9 Å². The Bertz CT molecular complexity index is 1380. The van der Waals surface area contributed by atoms with Gasteiger partial charge in [0.15, 0.2) is 0 Å². The maximum Gasteiger partial charge on any atom is 0.321 e. The zero-order valence-electron chi connectivity index (χ0n) is 19.5. The summed E-state index contributed by atoms with van der Waals surface area (Å²) in [6.07, 6.45) is 6.39. The quantitative estimate of drug-likeness (QED) is 0.317. The number of benzene rings is 2. The predicted molar refractivity (Wildman–Crippen MR) is 143 cm³/mol. The number of likely N-dealkylation sites (tertiary alicyclic amines) is 1. The molecule has 2 aromatic heterocycles. The average Bonchev–Trinajstić information content (AvgIpc) is 3.61. The first-order chi connectivity index (χ1) is 17.0. The molecule has 0 atom stereocenters. The summed E-state index contributed by atoms with van der Waals surface area (Å²) in [5, 5.41) is 16.5. The van der Waals surface area contributed by atoms with Crippen molar-refractivity contribution >= 4 is 57.7 Å². The van der Waals surface area contributed by atoms with E-state index in [4.69, 9.17) is 0 Å². The van der Waals surface area contributed by atoms with Gasteiger partial charge in [-0.05, 0) is 72.7 Å². The lowest BCUT2D eigenvalue weighted by molar-refractivity contribution is -0.115. The first kappa shape index (κ1) is 22.9. The summed E-state index contributed by atoms with van der Waals surface area (Å²) in [6, 6.07) is 15.6. The van der Waals surface area contributed by atoms with E-state index in [-0.39, 0.29) is 11.9 Å². The van der Waals surface area contributed by atoms with Crippen LogP contribution in [0, 0.1) is 6.92 Å². The highest BCUT2D eigenvalue weighted by atomic mass is 32.1. The van der Waals surface area contributed by atoms with Crippen LogP contribution in [0.5, 0.6) is 0 Å². The molecular formula is C27H27N5O2S. The zero-order valence-corrected chi connectivity index (χ0v) is 20.3. The highest BCUT2D eigenvalue weighted by Gasteiger charge is 2.17. The number of carbonyl (C=O) groups is 2. The van der Waals surface area contributed by atoms with Crippen LogP contribution >= 0.6 is 11.3 Å². The van der Waals surface area contributed by atoms with Gasteiger partial charge in [-0.1, -0.05) is 24.3 Å². The minimum absolute atomic E-state index is 0.0386. The third-order valence-corrected chi connectivity index (χ3v) is 6.97. The van der Waals surface area contributed by atoms with Crippen LogP contribution in [0.1, 0.15) is 34.5 Å². The number of hydrogen-bond donors (Lipinski definition) is 3. The second-order valence-electron chi connectivity index (χ2n) is 8.71. The molecule has 1 aliphatic heterocycles. The summed E-state index contributed by atoms with van der Waals surface area (Å²) in [7, 11) is 0. The van der Waals surface area contributed by atoms with Crippen molar-refractivity contribution in [3.8, 4) is 0 Å². The number of nitrogens with one attached hydrogen (secondary N) is 3. The molecule has 178 valence electrons. The molecule has 0 spiro atoms. The summed E-state index contributed by atoms with van der Waals surface area (Å²) in [5.41, 5.74) is 5.16. The molecule has 0 unspecified atom stereocenters. The maximum atomic E-state index is 12.5. The van der Waals surface area contributed by atoms with Crippen molar-refractivity contribution in [2.75, 3.05) is 23.7 Å². The number of H-pyrrole nitrogens is 1. The number of aromatic nitrogens is 2. The molecule has 2 aromatic carbocycles. The first-order valence-corrected chi connectivity index (χ1v) is 12.6. The Morgan fingerprint density at radius 1 is 1.09 bits per heavy atom. The van der Waals surface area contributed by atoms with E-state index in [1.165, 1.54) is 0 Å². The Labute approximate surface area is 207 Å². The molecular weight excluding hydrogens is 458 g/mol. The Morgan fingerprint density at radius 2 is 1.94 bits per heavy atom. The molecule has 1 aliphatic rings. The Balaban J connectivity index is 1.31. The van der Waals surface area contributed by atoms with Gasteiger partial charge in [-0.2, -0.15) is 5.10 Å². The normalized spacial score (nSPS) is 13.6. The van der Waals surface area contributed by atoms with E-state index in [1.807, 2.05) is 77.9 Å². The highest BCUT2D eigenvalue weighted by molar-refractivity contribution is 7.10. The molecule has 8 heteroatoms.